The second-order valence-corrected chi connectivity index (χ2v) is 5.95. The van der Waals surface area contributed by atoms with Crippen LogP contribution in [-0.4, -0.2) is 30.5 Å². The topological polar surface area (TPSA) is 37.4 Å². The first-order chi connectivity index (χ1) is 6.49. The molecule has 0 saturated heterocycles. The minimum Gasteiger partial charge on any atom is -0.211 e. The van der Waals surface area contributed by atoms with Crippen LogP contribution in [-0.2, 0) is 10.0 Å². The van der Waals surface area contributed by atoms with Crippen molar-refractivity contribution in [3.05, 3.63) is 0 Å². The molecule has 14 heavy (non-hydrogen) atoms. The lowest BCUT2D eigenvalue weighted by Gasteiger charge is -2.26. The van der Waals surface area contributed by atoms with Gasteiger partial charge >= 0.3 is 0 Å². The molecule has 0 aliphatic rings. The molecule has 0 N–H and O–H groups in total. The molecule has 0 aliphatic heterocycles. The third kappa shape index (κ3) is 4.15. The highest BCUT2D eigenvalue weighted by Crippen LogP contribution is 2.13. The summed E-state index contributed by atoms with van der Waals surface area (Å²) < 4.78 is 24.7. The summed E-state index contributed by atoms with van der Waals surface area (Å²) in [5.41, 5.74) is 0. The zero-order chi connectivity index (χ0) is 11.2. The Hall–Kier alpha value is 0.200. The molecule has 0 aromatic rings. The van der Waals surface area contributed by atoms with Gasteiger partial charge in [0.05, 0.1) is 0 Å². The molecule has 1 atom stereocenters. The summed E-state index contributed by atoms with van der Waals surface area (Å²) in [4.78, 5) is 0. The largest absolute Gasteiger partial charge is 0.228 e. The van der Waals surface area contributed by atoms with E-state index >= 15 is 0 Å². The zero-order valence-electron chi connectivity index (χ0n) is 9.16. The fourth-order valence-electron chi connectivity index (χ4n) is 1.21. The lowest BCUT2D eigenvalue weighted by Crippen LogP contribution is -2.39. The van der Waals surface area contributed by atoms with Gasteiger partial charge in [-0.3, -0.25) is 0 Å². The van der Waals surface area contributed by atoms with Gasteiger partial charge in [0.1, 0.15) is 5.21 Å². The summed E-state index contributed by atoms with van der Waals surface area (Å²) in [6.07, 6.45) is 2.70. The SMILES string of the molecule is CCCCN(C(C)CC)S(=O)(=O)CCl. The van der Waals surface area contributed by atoms with E-state index < -0.39 is 10.0 Å². The molecule has 0 spiro atoms. The normalized spacial score (nSPS) is 14.6. The van der Waals surface area contributed by atoms with Crippen molar-refractivity contribution in [3.8, 4) is 0 Å². The molecular weight excluding hydrogens is 222 g/mol. The summed E-state index contributed by atoms with van der Waals surface area (Å²) >= 11 is 5.44. The van der Waals surface area contributed by atoms with Crippen molar-refractivity contribution < 1.29 is 8.42 Å². The minimum atomic E-state index is -3.25. The lowest BCUT2D eigenvalue weighted by molar-refractivity contribution is 0.326. The third-order valence-corrected chi connectivity index (χ3v) is 4.67. The second kappa shape index (κ2) is 6.64. The van der Waals surface area contributed by atoms with Gasteiger partial charge in [0.25, 0.3) is 0 Å². The van der Waals surface area contributed by atoms with E-state index in [9.17, 15) is 8.42 Å². The summed E-state index contributed by atoms with van der Waals surface area (Å²) in [7, 11) is -3.25. The molecule has 0 radical (unpaired) electrons. The van der Waals surface area contributed by atoms with E-state index in [0.717, 1.165) is 19.3 Å². The smallest absolute Gasteiger partial charge is 0.211 e. The van der Waals surface area contributed by atoms with Crippen LogP contribution in [0.2, 0.25) is 0 Å². The lowest BCUT2D eigenvalue weighted by atomic mass is 10.2. The van der Waals surface area contributed by atoms with Crippen LogP contribution in [0.1, 0.15) is 40.0 Å². The molecule has 0 rings (SSSR count). The first-order valence-corrected chi connectivity index (χ1v) is 7.19. The van der Waals surface area contributed by atoms with Gasteiger partial charge in [0.2, 0.25) is 10.0 Å². The average molecular weight is 242 g/mol. The molecule has 0 fully saturated rings. The molecule has 3 nitrogen and oxygen atoms in total. The maximum absolute atomic E-state index is 11.6. The van der Waals surface area contributed by atoms with Crippen LogP contribution in [0.3, 0.4) is 0 Å². The van der Waals surface area contributed by atoms with Crippen LogP contribution in [0.4, 0.5) is 0 Å². The number of hydrogen-bond acceptors (Lipinski definition) is 2. The van der Waals surface area contributed by atoms with E-state index in [-0.39, 0.29) is 11.3 Å². The van der Waals surface area contributed by atoms with Crippen molar-refractivity contribution in [2.45, 2.75) is 46.1 Å². The Morgan fingerprint density at radius 1 is 1.36 bits per heavy atom. The van der Waals surface area contributed by atoms with Gasteiger partial charge in [-0.25, -0.2) is 8.42 Å². The van der Waals surface area contributed by atoms with Gasteiger partial charge in [-0.2, -0.15) is 4.31 Å². The first-order valence-electron chi connectivity index (χ1n) is 5.05. The quantitative estimate of drug-likeness (QED) is 0.642. The van der Waals surface area contributed by atoms with E-state index in [1.54, 1.807) is 0 Å². The Bertz CT molecular complexity index is 241. The number of halogens is 1. The van der Waals surface area contributed by atoms with Gasteiger partial charge in [0, 0.05) is 12.6 Å². The highest BCUT2D eigenvalue weighted by Gasteiger charge is 2.24. The third-order valence-electron chi connectivity index (χ3n) is 2.31. The molecular formula is C9H20ClNO2S. The Morgan fingerprint density at radius 2 is 1.93 bits per heavy atom. The van der Waals surface area contributed by atoms with E-state index in [1.807, 2.05) is 20.8 Å². The maximum Gasteiger partial charge on any atom is 0.228 e. The molecule has 0 saturated carbocycles. The van der Waals surface area contributed by atoms with E-state index in [1.165, 1.54) is 4.31 Å². The molecule has 0 aromatic carbocycles. The van der Waals surface area contributed by atoms with Crippen LogP contribution in [0, 0.1) is 0 Å². The van der Waals surface area contributed by atoms with E-state index in [4.69, 9.17) is 11.6 Å². The van der Waals surface area contributed by atoms with Crippen LogP contribution in [0.15, 0.2) is 0 Å². The number of unbranched alkanes of at least 4 members (excludes halogenated alkanes) is 1. The maximum atomic E-state index is 11.6. The van der Waals surface area contributed by atoms with Crippen molar-refractivity contribution in [1.82, 2.24) is 4.31 Å². The summed E-state index contributed by atoms with van der Waals surface area (Å²) in [6, 6.07) is 0.0466. The van der Waals surface area contributed by atoms with E-state index in [2.05, 4.69) is 0 Å². The van der Waals surface area contributed by atoms with Crippen molar-refractivity contribution in [2.24, 2.45) is 0 Å². The van der Waals surface area contributed by atoms with Crippen LogP contribution in [0.25, 0.3) is 0 Å². The second-order valence-electron chi connectivity index (χ2n) is 3.44. The molecule has 5 heteroatoms. The average Bonchev–Trinajstić information content (AvgIpc) is 2.17. The number of nitrogens with zero attached hydrogens (tertiary/aromatic N) is 1. The summed E-state index contributed by atoms with van der Waals surface area (Å²) in [6.45, 7) is 6.52. The highest BCUT2D eigenvalue weighted by molar-refractivity contribution is 7.90. The number of alkyl halides is 1. The van der Waals surface area contributed by atoms with Gasteiger partial charge in [-0.05, 0) is 19.8 Å². The number of hydrogen-bond donors (Lipinski definition) is 0. The fourth-order valence-corrected chi connectivity index (χ4v) is 2.82. The van der Waals surface area contributed by atoms with Crippen LogP contribution < -0.4 is 0 Å². The number of rotatable bonds is 7. The fraction of sp³-hybridized carbons (Fsp3) is 1.00. The van der Waals surface area contributed by atoms with Gasteiger partial charge in [-0.1, -0.05) is 20.3 Å². The Labute approximate surface area is 92.5 Å². The first kappa shape index (κ1) is 14.2. The molecule has 0 aliphatic carbocycles. The molecule has 0 aromatic heterocycles. The van der Waals surface area contributed by atoms with Crippen molar-refractivity contribution in [1.29, 1.82) is 0 Å². The van der Waals surface area contributed by atoms with Crippen molar-refractivity contribution in [2.75, 3.05) is 11.8 Å². The highest BCUT2D eigenvalue weighted by atomic mass is 35.5. The zero-order valence-corrected chi connectivity index (χ0v) is 10.7. The molecule has 0 heterocycles. The minimum absolute atomic E-state index is 0.0466. The number of sulfonamides is 1. The monoisotopic (exact) mass is 241 g/mol. The molecule has 0 amide bonds. The predicted octanol–water partition coefficient (Wildman–Crippen LogP) is 2.41. The predicted molar refractivity (Wildman–Crippen MR) is 61.0 cm³/mol. The molecule has 1 unspecified atom stereocenters. The van der Waals surface area contributed by atoms with Gasteiger partial charge in [0.15, 0.2) is 0 Å². The van der Waals surface area contributed by atoms with Gasteiger partial charge in [-0.15, -0.1) is 11.6 Å². The van der Waals surface area contributed by atoms with Gasteiger partial charge < -0.3 is 0 Å². The van der Waals surface area contributed by atoms with Crippen molar-refractivity contribution >= 4 is 21.6 Å². The Balaban J connectivity index is 4.55. The molecule has 86 valence electrons. The standard InChI is InChI=1S/C9H20ClNO2S/c1-4-6-7-11(9(3)5-2)14(12,13)8-10/h9H,4-8H2,1-3H3. The summed E-state index contributed by atoms with van der Waals surface area (Å²) in [5, 5.41) is -0.318. The van der Waals surface area contributed by atoms with E-state index in [0.29, 0.717) is 6.54 Å². The summed E-state index contributed by atoms with van der Waals surface area (Å²) in [5.74, 6) is 0. The van der Waals surface area contributed by atoms with Crippen LogP contribution >= 0.6 is 11.6 Å². The van der Waals surface area contributed by atoms with Crippen LogP contribution in [0.5, 0.6) is 0 Å². The Morgan fingerprint density at radius 3 is 2.29 bits per heavy atom. The molecule has 0 bridgehead atoms. The van der Waals surface area contributed by atoms with Crippen molar-refractivity contribution in [3.63, 3.8) is 0 Å². The Kier molecular flexibility index (Phi) is 6.74.